The Kier molecular flexibility index (Phi) is 3.67. The molecule has 18 heavy (non-hydrogen) atoms. The predicted molar refractivity (Wildman–Crippen MR) is 66.5 cm³/mol. The van der Waals surface area contributed by atoms with Crippen LogP contribution in [-0.2, 0) is 4.79 Å². The Bertz CT molecular complexity index is 541. The molecular formula is C14H11F2NO. The first-order chi connectivity index (χ1) is 8.68. The highest BCUT2D eigenvalue weighted by molar-refractivity contribution is 5.97. The highest BCUT2D eigenvalue weighted by atomic mass is 19.3. The molecular weight excluding hydrogens is 236 g/mol. The molecule has 0 atom stereocenters. The first-order valence-electron chi connectivity index (χ1n) is 5.42. The molecule has 0 spiro atoms. The van der Waals surface area contributed by atoms with E-state index >= 15 is 0 Å². The molecule has 1 amide bonds. The summed E-state index contributed by atoms with van der Waals surface area (Å²) >= 11 is 0. The average molecular weight is 247 g/mol. The third-order valence-electron chi connectivity index (χ3n) is 2.47. The van der Waals surface area contributed by atoms with Crippen molar-refractivity contribution in [1.82, 2.24) is 0 Å². The number of alkyl halides is 2. The monoisotopic (exact) mass is 247 g/mol. The van der Waals surface area contributed by atoms with Crippen LogP contribution >= 0.6 is 0 Å². The van der Waals surface area contributed by atoms with Gasteiger partial charge in [-0.25, -0.2) is 0 Å². The van der Waals surface area contributed by atoms with Crippen LogP contribution in [0.15, 0.2) is 54.6 Å². The maximum Gasteiger partial charge on any atom is 0.315 e. The number of halogens is 2. The lowest BCUT2D eigenvalue weighted by molar-refractivity contribution is -0.126. The molecule has 2 rings (SSSR count). The van der Waals surface area contributed by atoms with E-state index in [4.69, 9.17) is 0 Å². The minimum absolute atomic E-state index is 0.383. The number of hydrogen-bond acceptors (Lipinski definition) is 1. The van der Waals surface area contributed by atoms with Crippen molar-refractivity contribution in [2.75, 3.05) is 5.32 Å². The van der Waals surface area contributed by atoms with Crippen LogP contribution in [0.2, 0.25) is 0 Å². The number of anilines is 1. The fraction of sp³-hybridized carbons (Fsp3) is 0.0714. The molecule has 4 heteroatoms. The fourth-order valence-corrected chi connectivity index (χ4v) is 1.65. The zero-order valence-corrected chi connectivity index (χ0v) is 9.44. The maximum absolute atomic E-state index is 12.2. The van der Waals surface area contributed by atoms with Crippen molar-refractivity contribution in [1.29, 1.82) is 0 Å². The summed E-state index contributed by atoms with van der Waals surface area (Å²) in [6.07, 6.45) is -3.02. The van der Waals surface area contributed by atoms with Gasteiger partial charge in [0.25, 0.3) is 5.91 Å². The van der Waals surface area contributed by atoms with Crippen molar-refractivity contribution in [3.63, 3.8) is 0 Å². The molecule has 0 radical (unpaired) electrons. The fourth-order valence-electron chi connectivity index (χ4n) is 1.65. The van der Waals surface area contributed by atoms with Gasteiger partial charge < -0.3 is 5.32 Å². The van der Waals surface area contributed by atoms with E-state index in [9.17, 15) is 13.6 Å². The maximum atomic E-state index is 12.2. The van der Waals surface area contributed by atoms with Crippen LogP contribution in [0.3, 0.4) is 0 Å². The van der Waals surface area contributed by atoms with E-state index in [1.165, 1.54) is 0 Å². The van der Waals surface area contributed by atoms with Crippen LogP contribution < -0.4 is 5.32 Å². The Balaban J connectivity index is 2.35. The molecule has 0 unspecified atom stereocenters. The minimum atomic E-state index is -3.02. The SMILES string of the molecule is O=C(Nc1ccccc1-c1ccccc1)C(F)F. The van der Waals surface area contributed by atoms with Gasteiger partial charge in [0.15, 0.2) is 0 Å². The van der Waals surface area contributed by atoms with Gasteiger partial charge in [0.05, 0.1) is 0 Å². The Morgan fingerprint density at radius 2 is 1.56 bits per heavy atom. The normalized spacial score (nSPS) is 10.4. The molecule has 0 heterocycles. The summed E-state index contributed by atoms with van der Waals surface area (Å²) in [6.45, 7) is 0. The molecule has 92 valence electrons. The first-order valence-corrected chi connectivity index (χ1v) is 5.42. The molecule has 2 aromatic carbocycles. The molecule has 0 bridgehead atoms. The number of nitrogens with one attached hydrogen (secondary N) is 1. The summed E-state index contributed by atoms with van der Waals surface area (Å²) in [4.78, 5) is 11.0. The third-order valence-corrected chi connectivity index (χ3v) is 2.47. The van der Waals surface area contributed by atoms with Crippen molar-refractivity contribution in [2.24, 2.45) is 0 Å². The van der Waals surface area contributed by atoms with Gasteiger partial charge in [-0.3, -0.25) is 4.79 Å². The van der Waals surface area contributed by atoms with Gasteiger partial charge in [0.2, 0.25) is 0 Å². The van der Waals surface area contributed by atoms with E-state index < -0.39 is 12.3 Å². The van der Waals surface area contributed by atoms with Crippen LogP contribution in [0.4, 0.5) is 14.5 Å². The Morgan fingerprint density at radius 3 is 2.22 bits per heavy atom. The molecule has 0 aromatic heterocycles. The van der Waals surface area contributed by atoms with E-state index in [1.807, 2.05) is 30.3 Å². The number of benzene rings is 2. The quantitative estimate of drug-likeness (QED) is 0.882. The second kappa shape index (κ2) is 5.40. The smallest absolute Gasteiger partial charge is 0.315 e. The zero-order chi connectivity index (χ0) is 13.0. The Hall–Kier alpha value is -2.23. The van der Waals surface area contributed by atoms with E-state index in [1.54, 1.807) is 24.3 Å². The summed E-state index contributed by atoms with van der Waals surface area (Å²) in [6, 6.07) is 16.1. The molecule has 0 saturated heterocycles. The third kappa shape index (κ3) is 2.71. The molecule has 2 nitrogen and oxygen atoms in total. The molecule has 1 N–H and O–H groups in total. The first kappa shape index (κ1) is 12.2. The summed E-state index contributed by atoms with van der Waals surface area (Å²) in [5.74, 6) is -1.29. The zero-order valence-electron chi connectivity index (χ0n) is 9.44. The van der Waals surface area contributed by atoms with Crippen LogP contribution in [0.5, 0.6) is 0 Å². The van der Waals surface area contributed by atoms with Gasteiger partial charge in [-0.2, -0.15) is 8.78 Å². The van der Waals surface area contributed by atoms with Crippen LogP contribution in [0, 0.1) is 0 Å². The topological polar surface area (TPSA) is 29.1 Å². The molecule has 2 aromatic rings. The number of rotatable bonds is 3. The number of amides is 1. The summed E-state index contributed by atoms with van der Waals surface area (Å²) in [5.41, 5.74) is 1.96. The lowest BCUT2D eigenvalue weighted by Gasteiger charge is -2.10. The van der Waals surface area contributed by atoms with Crippen molar-refractivity contribution in [3.05, 3.63) is 54.6 Å². The van der Waals surface area contributed by atoms with Gasteiger partial charge >= 0.3 is 6.43 Å². The van der Waals surface area contributed by atoms with Crippen molar-refractivity contribution < 1.29 is 13.6 Å². The molecule has 0 aliphatic rings. The summed E-state index contributed by atoms with van der Waals surface area (Å²) in [7, 11) is 0. The van der Waals surface area contributed by atoms with Gasteiger partial charge in [0, 0.05) is 11.3 Å². The Labute approximate surface area is 103 Å². The number of para-hydroxylation sites is 1. The molecule has 0 fully saturated rings. The van der Waals surface area contributed by atoms with Crippen molar-refractivity contribution >= 4 is 11.6 Å². The van der Waals surface area contributed by atoms with Crippen LogP contribution in [0.25, 0.3) is 11.1 Å². The summed E-state index contributed by atoms with van der Waals surface area (Å²) < 4.78 is 24.5. The average Bonchev–Trinajstić information content (AvgIpc) is 2.40. The number of carbonyl (C=O) groups is 1. The van der Waals surface area contributed by atoms with E-state index in [0.29, 0.717) is 11.3 Å². The lowest BCUT2D eigenvalue weighted by atomic mass is 10.0. The van der Waals surface area contributed by atoms with Crippen molar-refractivity contribution in [2.45, 2.75) is 6.43 Å². The summed E-state index contributed by atoms with van der Waals surface area (Å²) in [5, 5.41) is 2.22. The van der Waals surface area contributed by atoms with Gasteiger partial charge in [0.1, 0.15) is 0 Å². The van der Waals surface area contributed by atoms with Crippen LogP contribution in [-0.4, -0.2) is 12.3 Å². The van der Waals surface area contributed by atoms with Crippen molar-refractivity contribution in [3.8, 4) is 11.1 Å². The highest BCUT2D eigenvalue weighted by Gasteiger charge is 2.16. The molecule has 0 aliphatic heterocycles. The molecule has 0 saturated carbocycles. The minimum Gasteiger partial charge on any atom is -0.321 e. The lowest BCUT2D eigenvalue weighted by Crippen LogP contribution is -2.20. The number of hydrogen-bond donors (Lipinski definition) is 1. The largest absolute Gasteiger partial charge is 0.321 e. The van der Waals surface area contributed by atoms with Gasteiger partial charge in [-0.15, -0.1) is 0 Å². The molecule has 0 aliphatic carbocycles. The standard InChI is InChI=1S/C14H11F2NO/c15-13(16)14(18)17-12-9-5-4-8-11(12)10-6-2-1-3-7-10/h1-9,13H,(H,17,18). The predicted octanol–water partition coefficient (Wildman–Crippen LogP) is 3.56. The van der Waals surface area contributed by atoms with E-state index in [-0.39, 0.29) is 0 Å². The van der Waals surface area contributed by atoms with Crippen LogP contribution in [0.1, 0.15) is 0 Å². The van der Waals surface area contributed by atoms with Gasteiger partial charge in [-0.05, 0) is 11.6 Å². The van der Waals surface area contributed by atoms with Gasteiger partial charge in [-0.1, -0.05) is 48.5 Å². The van der Waals surface area contributed by atoms with E-state index in [2.05, 4.69) is 5.32 Å². The second-order valence-electron chi connectivity index (χ2n) is 3.70. The van der Waals surface area contributed by atoms with E-state index in [0.717, 1.165) is 5.56 Å². The Morgan fingerprint density at radius 1 is 0.944 bits per heavy atom. The number of carbonyl (C=O) groups excluding carboxylic acids is 1. The highest BCUT2D eigenvalue weighted by Crippen LogP contribution is 2.27. The second-order valence-corrected chi connectivity index (χ2v) is 3.70.